The highest BCUT2D eigenvalue weighted by molar-refractivity contribution is 7.14. The standard InChI is InChI=1S/C22H21ClN4O3S/c23-17-8-4-3-7-16(17)18-14-31-22(24-18)25-21(28)15-9-10-19(20(13-15)27(29)30)26-11-5-1-2-6-12-26/h3-4,7-10,13-14H,1-2,5-6,11-12H2,(H,24,25,28). The largest absolute Gasteiger partial charge is 0.366 e. The molecule has 1 aliphatic heterocycles. The predicted molar refractivity (Wildman–Crippen MR) is 124 cm³/mol. The number of nitrogens with one attached hydrogen (secondary N) is 1. The van der Waals surface area contributed by atoms with Gasteiger partial charge in [0, 0.05) is 40.7 Å². The van der Waals surface area contributed by atoms with E-state index in [2.05, 4.69) is 10.3 Å². The monoisotopic (exact) mass is 456 g/mol. The number of rotatable bonds is 5. The Kier molecular flexibility index (Phi) is 6.48. The number of aromatic nitrogens is 1. The van der Waals surface area contributed by atoms with E-state index in [0.717, 1.165) is 44.3 Å². The molecule has 3 aromatic rings. The van der Waals surface area contributed by atoms with Gasteiger partial charge >= 0.3 is 0 Å². The number of halogens is 1. The fourth-order valence-corrected chi connectivity index (χ4v) is 4.62. The summed E-state index contributed by atoms with van der Waals surface area (Å²) in [5, 5.41) is 17.2. The van der Waals surface area contributed by atoms with Gasteiger partial charge in [0.25, 0.3) is 11.6 Å². The summed E-state index contributed by atoms with van der Waals surface area (Å²) in [5.41, 5.74) is 2.18. The van der Waals surface area contributed by atoms with Crippen molar-refractivity contribution < 1.29 is 9.72 Å². The molecule has 7 nitrogen and oxygen atoms in total. The van der Waals surface area contributed by atoms with E-state index in [1.807, 2.05) is 28.5 Å². The molecule has 4 rings (SSSR count). The first-order valence-electron chi connectivity index (χ1n) is 10.1. The number of hydrogen-bond acceptors (Lipinski definition) is 6. The maximum Gasteiger partial charge on any atom is 0.293 e. The molecule has 1 N–H and O–H groups in total. The Morgan fingerprint density at radius 1 is 1.13 bits per heavy atom. The zero-order valence-electron chi connectivity index (χ0n) is 16.7. The average molecular weight is 457 g/mol. The second-order valence-electron chi connectivity index (χ2n) is 7.33. The van der Waals surface area contributed by atoms with Crippen LogP contribution in [0.2, 0.25) is 5.02 Å². The van der Waals surface area contributed by atoms with E-state index >= 15 is 0 Å². The summed E-state index contributed by atoms with van der Waals surface area (Å²) in [5.74, 6) is -0.439. The van der Waals surface area contributed by atoms with Crippen LogP contribution in [-0.2, 0) is 0 Å². The summed E-state index contributed by atoms with van der Waals surface area (Å²) in [7, 11) is 0. The number of nitro groups is 1. The molecule has 2 heterocycles. The van der Waals surface area contributed by atoms with Crippen molar-refractivity contribution in [2.45, 2.75) is 25.7 Å². The Hall–Kier alpha value is -2.97. The minimum atomic E-state index is -0.439. The Labute approximate surface area is 188 Å². The van der Waals surface area contributed by atoms with Gasteiger partial charge in [-0.3, -0.25) is 20.2 Å². The molecule has 2 aromatic carbocycles. The third-order valence-electron chi connectivity index (χ3n) is 5.26. The molecule has 0 bridgehead atoms. The molecule has 31 heavy (non-hydrogen) atoms. The zero-order chi connectivity index (χ0) is 21.8. The van der Waals surface area contributed by atoms with Crippen LogP contribution in [0.1, 0.15) is 36.0 Å². The number of thiazole rings is 1. The Morgan fingerprint density at radius 3 is 2.58 bits per heavy atom. The van der Waals surface area contributed by atoms with Gasteiger partial charge in [0.2, 0.25) is 0 Å². The SMILES string of the molecule is O=C(Nc1nc(-c2ccccc2Cl)cs1)c1ccc(N2CCCCCC2)c([N+](=O)[O-])c1. The lowest BCUT2D eigenvalue weighted by Gasteiger charge is -2.22. The molecule has 1 aliphatic rings. The van der Waals surface area contributed by atoms with Crippen molar-refractivity contribution in [3.05, 3.63) is 68.5 Å². The van der Waals surface area contributed by atoms with Crippen molar-refractivity contribution in [3.8, 4) is 11.3 Å². The first kappa shape index (κ1) is 21.3. The summed E-state index contributed by atoms with van der Waals surface area (Å²) in [6.45, 7) is 1.58. The summed E-state index contributed by atoms with van der Waals surface area (Å²) >= 11 is 7.49. The van der Waals surface area contributed by atoms with Gasteiger partial charge < -0.3 is 4.90 Å². The summed E-state index contributed by atoms with van der Waals surface area (Å²) in [6.07, 6.45) is 4.29. The fraction of sp³-hybridized carbons (Fsp3) is 0.273. The number of carbonyl (C=O) groups is 1. The van der Waals surface area contributed by atoms with Crippen LogP contribution in [0, 0.1) is 10.1 Å². The maximum atomic E-state index is 12.7. The smallest absolute Gasteiger partial charge is 0.293 e. The second kappa shape index (κ2) is 9.45. The maximum absolute atomic E-state index is 12.7. The summed E-state index contributed by atoms with van der Waals surface area (Å²) in [6, 6.07) is 12.0. The van der Waals surface area contributed by atoms with Gasteiger partial charge in [-0.2, -0.15) is 0 Å². The molecule has 0 saturated carbocycles. The third-order valence-corrected chi connectivity index (χ3v) is 6.34. The lowest BCUT2D eigenvalue weighted by Crippen LogP contribution is -2.25. The Balaban J connectivity index is 1.54. The predicted octanol–water partition coefficient (Wildman–Crippen LogP) is 6.00. The minimum absolute atomic E-state index is 0.0505. The van der Waals surface area contributed by atoms with E-state index in [1.54, 1.807) is 18.2 Å². The number of hydrogen-bond donors (Lipinski definition) is 1. The van der Waals surface area contributed by atoms with Gasteiger partial charge in [-0.25, -0.2) is 4.98 Å². The quantitative estimate of drug-likeness (QED) is 0.375. The van der Waals surface area contributed by atoms with E-state index in [-0.39, 0.29) is 11.3 Å². The van der Waals surface area contributed by atoms with Crippen LogP contribution in [0.4, 0.5) is 16.5 Å². The molecule has 1 amide bonds. The van der Waals surface area contributed by atoms with E-state index in [9.17, 15) is 14.9 Å². The highest BCUT2D eigenvalue weighted by atomic mass is 35.5. The zero-order valence-corrected chi connectivity index (χ0v) is 18.3. The molecular formula is C22H21ClN4O3S. The van der Waals surface area contributed by atoms with Crippen LogP contribution in [0.25, 0.3) is 11.3 Å². The number of anilines is 2. The minimum Gasteiger partial charge on any atom is -0.366 e. The second-order valence-corrected chi connectivity index (χ2v) is 8.60. The molecule has 9 heteroatoms. The van der Waals surface area contributed by atoms with E-state index in [4.69, 9.17) is 11.6 Å². The van der Waals surface area contributed by atoms with E-state index < -0.39 is 10.8 Å². The number of carbonyl (C=O) groups excluding carboxylic acids is 1. The Morgan fingerprint density at radius 2 is 1.87 bits per heavy atom. The molecule has 0 unspecified atom stereocenters. The lowest BCUT2D eigenvalue weighted by atomic mass is 10.1. The van der Waals surface area contributed by atoms with Crippen LogP contribution in [-0.4, -0.2) is 28.9 Å². The van der Waals surface area contributed by atoms with Gasteiger partial charge in [0.05, 0.1) is 10.6 Å². The molecule has 160 valence electrons. The van der Waals surface area contributed by atoms with Crippen LogP contribution in [0.5, 0.6) is 0 Å². The molecule has 0 atom stereocenters. The van der Waals surface area contributed by atoms with Crippen LogP contribution in [0.15, 0.2) is 47.8 Å². The molecule has 0 aliphatic carbocycles. The summed E-state index contributed by atoms with van der Waals surface area (Å²) < 4.78 is 0. The van der Waals surface area contributed by atoms with Gasteiger partial charge in [0.1, 0.15) is 5.69 Å². The molecule has 0 radical (unpaired) electrons. The van der Waals surface area contributed by atoms with Gasteiger partial charge in [-0.05, 0) is 31.0 Å². The highest BCUT2D eigenvalue weighted by Crippen LogP contribution is 2.33. The molecule has 1 saturated heterocycles. The van der Waals surface area contributed by atoms with Crippen molar-refractivity contribution in [1.29, 1.82) is 0 Å². The molecular weight excluding hydrogens is 436 g/mol. The normalized spacial score (nSPS) is 14.2. The highest BCUT2D eigenvalue weighted by Gasteiger charge is 2.23. The fourth-order valence-electron chi connectivity index (χ4n) is 3.68. The van der Waals surface area contributed by atoms with E-state index in [0.29, 0.717) is 21.5 Å². The first-order chi connectivity index (χ1) is 15.0. The third kappa shape index (κ3) is 4.86. The van der Waals surface area contributed by atoms with Crippen LogP contribution < -0.4 is 10.2 Å². The number of nitro benzene ring substituents is 1. The van der Waals surface area contributed by atoms with Crippen molar-refractivity contribution in [2.24, 2.45) is 0 Å². The van der Waals surface area contributed by atoms with E-state index in [1.165, 1.54) is 17.4 Å². The van der Waals surface area contributed by atoms with Crippen molar-refractivity contribution in [1.82, 2.24) is 4.98 Å². The number of amides is 1. The van der Waals surface area contributed by atoms with Crippen LogP contribution >= 0.6 is 22.9 Å². The number of benzene rings is 2. The van der Waals surface area contributed by atoms with Crippen molar-refractivity contribution in [2.75, 3.05) is 23.3 Å². The van der Waals surface area contributed by atoms with Crippen LogP contribution in [0.3, 0.4) is 0 Å². The molecule has 1 fully saturated rings. The van der Waals surface area contributed by atoms with Gasteiger partial charge in [-0.1, -0.05) is 42.6 Å². The first-order valence-corrected chi connectivity index (χ1v) is 11.3. The van der Waals surface area contributed by atoms with Gasteiger partial charge in [0.15, 0.2) is 5.13 Å². The van der Waals surface area contributed by atoms with Crippen molar-refractivity contribution >= 4 is 45.4 Å². The summed E-state index contributed by atoms with van der Waals surface area (Å²) in [4.78, 5) is 30.5. The number of nitrogens with zero attached hydrogens (tertiary/aromatic N) is 3. The average Bonchev–Trinajstić information content (AvgIpc) is 3.05. The molecule has 1 aromatic heterocycles. The van der Waals surface area contributed by atoms with Gasteiger partial charge in [-0.15, -0.1) is 11.3 Å². The Bertz CT molecular complexity index is 1110. The molecule has 0 spiro atoms. The topological polar surface area (TPSA) is 88.4 Å². The lowest BCUT2D eigenvalue weighted by molar-refractivity contribution is -0.384. The van der Waals surface area contributed by atoms with Crippen molar-refractivity contribution in [3.63, 3.8) is 0 Å².